The van der Waals surface area contributed by atoms with Gasteiger partial charge >= 0.3 is 0 Å². The van der Waals surface area contributed by atoms with E-state index in [2.05, 4.69) is 9.97 Å². The van der Waals surface area contributed by atoms with E-state index in [1.165, 1.54) is 0 Å². The van der Waals surface area contributed by atoms with Gasteiger partial charge in [-0.05, 0) is 31.2 Å². The average molecular weight is 271 g/mol. The Kier molecular flexibility index (Phi) is 3.05. The molecule has 2 aromatic carbocycles. The zero-order valence-corrected chi connectivity index (χ0v) is 11.1. The van der Waals surface area contributed by atoms with E-state index in [0.29, 0.717) is 16.7 Å². The highest BCUT2D eigenvalue weighted by molar-refractivity contribution is 6.32. The molecule has 3 rings (SSSR count). The second kappa shape index (κ2) is 4.86. The molecule has 0 N–H and O–H groups in total. The third kappa shape index (κ3) is 2.37. The van der Waals surface area contributed by atoms with E-state index in [0.717, 1.165) is 16.7 Å². The van der Waals surface area contributed by atoms with Crippen molar-refractivity contribution < 1.29 is 4.74 Å². The summed E-state index contributed by atoms with van der Waals surface area (Å²) in [5, 5.41) is 0.553. The number of rotatable bonds is 2. The number of fused-ring (bicyclic) bond motifs is 1. The summed E-state index contributed by atoms with van der Waals surface area (Å²) in [6, 6.07) is 15.0. The van der Waals surface area contributed by atoms with Crippen molar-refractivity contribution in [2.24, 2.45) is 0 Å². The fraction of sp³-hybridized carbons (Fsp3) is 0.0667. The molecule has 1 heterocycles. The summed E-state index contributed by atoms with van der Waals surface area (Å²) in [7, 11) is 0. The van der Waals surface area contributed by atoms with Crippen LogP contribution < -0.4 is 4.74 Å². The molecule has 1 aromatic heterocycles. The standard InChI is InChI=1S/C15H11ClN2O/c1-10-15(19-14-9-5-2-6-11(14)16)18-13-8-4-3-7-12(13)17-10/h2-9H,1H3. The lowest BCUT2D eigenvalue weighted by atomic mass is 10.3. The Hall–Kier alpha value is -2.13. The molecule has 0 aliphatic carbocycles. The fourth-order valence-electron chi connectivity index (χ4n) is 1.80. The van der Waals surface area contributed by atoms with Crippen molar-refractivity contribution in [2.45, 2.75) is 6.92 Å². The average Bonchev–Trinajstić information content (AvgIpc) is 2.42. The van der Waals surface area contributed by atoms with E-state index in [4.69, 9.17) is 16.3 Å². The van der Waals surface area contributed by atoms with Crippen LogP contribution in [0.5, 0.6) is 11.6 Å². The summed E-state index contributed by atoms with van der Waals surface area (Å²) in [6.45, 7) is 1.87. The minimum atomic E-state index is 0.479. The third-order valence-electron chi connectivity index (χ3n) is 2.74. The zero-order valence-electron chi connectivity index (χ0n) is 10.3. The predicted molar refractivity (Wildman–Crippen MR) is 75.8 cm³/mol. The lowest BCUT2D eigenvalue weighted by molar-refractivity contribution is 0.458. The first-order valence-corrected chi connectivity index (χ1v) is 6.27. The van der Waals surface area contributed by atoms with E-state index < -0.39 is 0 Å². The van der Waals surface area contributed by atoms with Gasteiger partial charge in [-0.25, -0.2) is 9.97 Å². The van der Waals surface area contributed by atoms with Gasteiger partial charge in [0.1, 0.15) is 11.4 Å². The number of halogens is 1. The smallest absolute Gasteiger partial charge is 0.241 e. The quantitative estimate of drug-likeness (QED) is 0.693. The molecule has 0 atom stereocenters. The maximum absolute atomic E-state index is 6.07. The molecular weight excluding hydrogens is 260 g/mol. The van der Waals surface area contributed by atoms with Gasteiger partial charge in [0.05, 0.1) is 16.1 Å². The molecule has 0 unspecified atom stereocenters. The molecule has 0 radical (unpaired) electrons. The molecule has 0 spiro atoms. The molecule has 0 bridgehead atoms. The highest BCUT2D eigenvalue weighted by atomic mass is 35.5. The summed E-state index contributed by atoms with van der Waals surface area (Å²) in [4.78, 5) is 8.94. The first kappa shape index (κ1) is 11.9. The summed E-state index contributed by atoms with van der Waals surface area (Å²) < 4.78 is 5.74. The highest BCUT2D eigenvalue weighted by Crippen LogP contribution is 2.29. The Morgan fingerprint density at radius 3 is 2.26 bits per heavy atom. The van der Waals surface area contributed by atoms with Crippen molar-refractivity contribution in [3.05, 3.63) is 59.2 Å². The summed E-state index contributed by atoms with van der Waals surface area (Å²) in [5.74, 6) is 1.06. The SMILES string of the molecule is Cc1nc2ccccc2nc1Oc1ccccc1Cl. The van der Waals surface area contributed by atoms with Crippen LogP contribution in [-0.4, -0.2) is 9.97 Å². The summed E-state index contributed by atoms with van der Waals surface area (Å²) in [6.07, 6.45) is 0. The van der Waals surface area contributed by atoms with Crippen LogP contribution >= 0.6 is 11.6 Å². The molecule has 19 heavy (non-hydrogen) atoms. The van der Waals surface area contributed by atoms with Crippen LogP contribution in [0.3, 0.4) is 0 Å². The van der Waals surface area contributed by atoms with Gasteiger partial charge in [-0.15, -0.1) is 0 Å². The number of aromatic nitrogens is 2. The minimum absolute atomic E-state index is 0.479. The minimum Gasteiger partial charge on any atom is -0.436 e. The zero-order chi connectivity index (χ0) is 13.2. The van der Waals surface area contributed by atoms with Crippen molar-refractivity contribution in [3.8, 4) is 11.6 Å². The van der Waals surface area contributed by atoms with Crippen molar-refractivity contribution in [1.82, 2.24) is 9.97 Å². The van der Waals surface area contributed by atoms with Gasteiger partial charge < -0.3 is 4.74 Å². The van der Waals surface area contributed by atoms with E-state index in [-0.39, 0.29) is 0 Å². The van der Waals surface area contributed by atoms with E-state index in [1.54, 1.807) is 12.1 Å². The topological polar surface area (TPSA) is 35.0 Å². The Bertz CT molecular complexity index is 743. The van der Waals surface area contributed by atoms with Crippen molar-refractivity contribution in [3.63, 3.8) is 0 Å². The molecule has 0 saturated carbocycles. The molecule has 0 aliphatic rings. The van der Waals surface area contributed by atoms with Crippen molar-refractivity contribution in [2.75, 3.05) is 0 Å². The van der Waals surface area contributed by atoms with Crippen LogP contribution in [0.2, 0.25) is 5.02 Å². The van der Waals surface area contributed by atoms with E-state index in [9.17, 15) is 0 Å². The number of benzene rings is 2. The number of ether oxygens (including phenoxy) is 1. The van der Waals surface area contributed by atoms with E-state index in [1.807, 2.05) is 43.3 Å². The van der Waals surface area contributed by atoms with Crippen LogP contribution in [0.15, 0.2) is 48.5 Å². The molecule has 0 amide bonds. The molecule has 94 valence electrons. The molecule has 4 heteroatoms. The molecular formula is C15H11ClN2O. The Balaban J connectivity index is 2.06. The Labute approximate surface area is 115 Å². The number of hydrogen-bond donors (Lipinski definition) is 0. The van der Waals surface area contributed by atoms with Crippen LogP contribution in [0.1, 0.15) is 5.69 Å². The third-order valence-corrected chi connectivity index (χ3v) is 3.06. The molecule has 0 aliphatic heterocycles. The molecule has 0 saturated heterocycles. The predicted octanol–water partition coefficient (Wildman–Crippen LogP) is 4.38. The van der Waals surface area contributed by atoms with Gasteiger partial charge in [-0.1, -0.05) is 35.9 Å². The van der Waals surface area contributed by atoms with Gasteiger partial charge in [0.15, 0.2) is 0 Å². The lowest BCUT2D eigenvalue weighted by Crippen LogP contribution is -1.95. The molecule has 3 aromatic rings. The summed E-state index contributed by atoms with van der Waals surface area (Å²) >= 11 is 6.07. The van der Waals surface area contributed by atoms with Crippen molar-refractivity contribution >= 4 is 22.6 Å². The first-order chi connectivity index (χ1) is 9.24. The van der Waals surface area contributed by atoms with Gasteiger partial charge in [0, 0.05) is 0 Å². The Morgan fingerprint density at radius 2 is 1.53 bits per heavy atom. The van der Waals surface area contributed by atoms with Crippen LogP contribution in [0.4, 0.5) is 0 Å². The van der Waals surface area contributed by atoms with Gasteiger partial charge in [0.2, 0.25) is 5.88 Å². The van der Waals surface area contributed by atoms with Crippen molar-refractivity contribution in [1.29, 1.82) is 0 Å². The van der Waals surface area contributed by atoms with Crippen LogP contribution in [0.25, 0.3) is 11.0 Å². The number of nitrogens with zero attached hydrogens (tertiary/aromatic N) is 2. The second-order valence-corrected chi connectivity index (χ2v) is 4.54. The van der Waals surface area contributed by atoms with Crippen LogP contribution in [0, 0.1) is 6.92 Å². The number of para-hydroxylation sites is 3. The Morgan fingerprint density at radius 1 is 0.895 bits per heavy atom. The van der Waals surface area contributed by atoms with Crippen LogP contribution in [-0.2, 0) is 0 Å². The van der Waals surface area contributed by atoms with Gasteiger partial charge in [-0.2, -0.15) is 0 Å². The van der Waals surface area contributed by atoms with Gasteiger partial charge in [0.25, 0.3) is 0 Å². The number of hydrogen-bond acceptors (Lipinski definition) is 3. The lowest BCUT2D eigenvalue weighted by Gasteiger charge is -2.09. The molecule has 0 fully saturated rings. The molecule has 3 nitrogen and oxygen atoms in total. The largest absolute Gasteiger partial charge is 0.436 e. The second-order valence-electron chi connectivity index (χ2n) is 4.14. The number of aryl methyl sites for hydroxylation is 1. The summed E-state index contributed by atoms with van der Waals surface area (Å²) in [5.41, 5.74) is 2.39. The van der Waals surface area contributed by atoms with Gasteiger partial charge in [-0.3, -0.25) is 0 Å². The highest BCUT2D eigenvalue weighted by Gasteiger charge is 2.09. The fourth-order valence-corrected chi connectivity index (χ4v) is 1.97. The first-order valence-electron chi connectivity index (χ1n) is 5.90. The maximum atomic E-state index is 6.07. The monoisotopic (exact) mass is 270 g/mol. The van der Waals surface area contributed by atoms with E-state index >= 15 is 0 Å². The normalized spacial score (nSPS) is 10.6. The maximum Gasteiger partial charge on any atom is 0.241 e.